The van der Waals surface area contributed by atoms with Gasteiger partial charge in [-0.25, -0.2) is 4.98 Å². The lowest BCUT2D eigenvalue weighted by Crippen LogP contribution is -2.39. The number of hydrogen-bond acceptors (Lipinski definition) is 5. The summed E-state index contributed by atoms with van der Waals surface area (Å²) in [6.45, 7) is 13.1. The zero-order valence-electron chi connectivity index (χ0n) is 23.0. The van der Waals surface area contributed by atoms with Crippen molar-refractivity contribution in [1.82, 2.24) is 4.98 Å². The maximum Gasteiger partial charge on any atom is 0.203 e. The van der Waals surface area contributed by atoms with Gasteiger partial charge in [0.15, 0.2) is 0 Å². The van der Waals surface area contributed by atoms with Crippen LogP contribution in [-0.4, -0.2) is 38.6 Å². The minimum absolute atomic E-state index is 0.0418. The monoisotopic (exact) mass is 507 g/mol. The quantitative estimate of drug-likeness (QED) is 0.405. The van der Waals surface area contributed by atoms with Crippen LogP contribution in [-0.2, 0) is 5.41 Å². The molecular weight excluding hydrogens is 462 g/mol. The molecule has 5 rings (SSSR count). The molecule has 1 aromatic rings. The summed E-state index contributed by atoms with van der Waals surface area (Å²) in [6.07, 6.45) is 17.3. The summed E-state index contributed by atoms with van der Waals surface area (Å²) >= 11 is 0. The lowest BCUT2D eigenvalue weighted by Gasteiger charge is -2.47. The number of oxazole rings is 1. The number of aromatic nitrogens is 1. The summed E-state index contributed by atoms with van der Waals surface area (Å²) in [4.78, 5) is 4.43. The normalized spacial score (nSPS) is 36.9. The Bertz CT molecular complexity index is 1120. The number of aliphatic hydroxyl groups excluding tert-OH is 3. The number of aliphatic hydroxyl groups is 3. The molecule has 5 nitrogen and oxygen atoms in total. The van der Waals surface area contributed by atoms with Crippen LogP contribution in [0.2, 0.25) is 0 Å². The van der Waals surface area contributed by atoms with Crippen LogP contribution in [0.15, 0.2) is 58.2 Å². The number of nitrogens with zero attached hydrogens (tertiary/aromatic N) is 1. The third-order valence-corrected chi connectivity index (χ3v) is 10.2. The molecule has 5 heteroatoms. The van der Waals surface area contributed by atoms with Gasteiger partial charge in [0.05, 0.1) is 29.9 Å². The molecule has 0 radical (unpaired) electrons. The van der Waals surface area contributed by atoms with Crippen molar-refractivity contribution >= 4 is 0 Å². The third kappa shape index (κ3) is 4.84. The second-order valence-electron chi connectivity index (χ2n) is 13.2. The highest BCUT2D eigenvalue weighted by molar-refractivity contribution is 5.39. The van der Waals surface area contributed by atoms with Crippen molar-refractivity contribution in [1.29, 1.82) is 0 Å². The Morgan fingerprint density at radius 3 is 2.62 bits per heavy atom. The molecule has 0 aliphatic heterocycles. The van der Waals surface area contributed by atoms with E-state index in [0.717, 1.165) is 36.2 Å². The molecular formula is C32H45NO4. The fourth-order valence-electron chi connectivity index (χ4n) is 7.92. The smallest absolute Gasteiger partial charge is 0.203 e. The van der Waals surface area contributed by atoms with Gasteiger partial charge in [-0.3, -0.25) is 0 Å². The predicted molar refractivity (Wildman–Crippen MR) is 146 cm³/mol. The van der Waals surface area contributed by atoms with Gasteiger partial charge >= 0.3 is 0 Å². The Morgan fingerprint density at radius 2 is 1.95 bits per heavy atom. The molecule has 4 aliphatic carbocycles. The molecule has 0 amide bonds. The van der Waals surface area contributed by atoms with Crippen LogP contribution in [0.25, 0.3) is 0 Å². The summed E-state index contributed by atoms with van der Waals surface area (Å²) in [7, 11) is 0. The van der Waals surface area contributed by atoms with Crippen molar-refractivity contribution in [3.05, 3.63) is 65.5 Å². The molecule has 6 atom stereocenters. The van der Waals surface area contributed by atoms with Crippen molar-refractivity contribution in [2.75, 3.05) is 0 Å². The topological polar surface area (TPSA) is 86.7 Å². The van der Waals surface area contributed by atoms with E-state index in [9.17, 15) is 15.3 Å². The molecule has 4 saturated carbocycles. The second-order valence-corrected chi connectivity index (χ2v) is 13.2. The highest BCUT2D eigenvalue weighted by Gasteiger charge is 2.55. The first-order chi connectivity index (χ1) is 17.5. The molecule has 0 spiro atoms. The lowest BCUT2D eigenvalue weighted by atomic mass is 9.57. The zero-order chi connectivity index (χ0) is 26.6. The van der Waals surface area contributed by atoms with Gasteiger partial charge in [0.1, 0.15) is 5.76 Å². The van der Waals surface area contributed by atoms with Crippen molar-refractivity contribution in [3.63, 3.8) is 0 Å². The lowest BCUT2D eigenvalue weighted by molar-refractivity contribution is 0.0705. The molecule has 0 aromatic carbocycles. The van der Waals surface area contributed by atoms with Gasteiger partial charge in [-0.2, -0.15) is 0 Å². The average molecular weight is 508 g/mol. The molecule has 4 aliphatic rings. The van der Waals surface area contributed by atoms with Crippen LogP contribution in [0.1, 0.15) is 90.2 Å². The van der Waals surface area contributed by atoms with E-state index in [1.54, 1.807) is 6.20 Å². The standard InChI is InChI=1S/C32H45NO4/c1-20-19-33-29(37-20)32(15-16-32)28(36)12-14-30(3,4)27-11-10-25-22(7-6-13-31(25,27)5)8-9-23-17-24(34)18-26(35)21(23)2/h8-9,12,14,19,24-28,34-36H,2,6-7,10-11,13,15-18H2,1,3-5H3/t24-,25+,26+,27-,28-,31+/m1/s1. The Labute approximate surface area is 222 Å². The number of hydrogen-bond donors (Lipinski definition) is 3. The fraction of sp³-hybridized carbons (Fsp3) is 0.656. The second kappa shape index (κ2) is 9.66. The maximum atomic E-state index is 11.2. The van der Waals surface area contributed by atoms with E-state index in [1.165, 1.54) is 31.3 Å². The van der Waals surface area contributed by atoms with Crippen molar-refractivity contribution in [2.45, 2.75) is 109 Å². The molecule has 1 heterocycles. The van der Waals surface area contributed by atoms with Crippen LogP contribution < -0.4 is 0 Å². The van der Waals surface area contributed by atoms with E-state index >= 15 is 0 Å². The first-order valence-electron chi connectivity index (χ1n) is 14.2. The molecule has 0 bridgehead atoms. The highest BCUT2D eigenvalue weighted by atomic mass is 16.4. The van der Waals surface area contributed by atoms with Crippen molar-refractivity contribution in [2.24, 2.45) is 22.7 Å². The first kappa shape index (κ1) is 26.6. The largest absolute Gasteiger partial charge is 0.445 e. The Hall–Kier alpha value is -1.95. The molecule has 4 fully saturated rings. The van der Waals surface area contributed by atoms with Gasteiger partial charge in [0.25, 0.3) is 0 Å². The third-order valence-electron chi connectivity index (χ3n) is 10.2. The molecule has 0 unspecified atom stereocenters. The van der Waals surface area contributed by atoms with Gasteiger partial charge in [0, 0.05) is 6.42 Å². The first-order valence-corrected chi connectivity index (χ1v) is 14.2. The molecule has 37 heavy (non-hydrogen) atoms. The Balaban J connectivity index is 1.33. The highest BCUT2D eigenvalue weighted by Crippen LogP contribution is 2.62. The van der Waals surface area contributed by atoms with Crippen molar-refractivity contribution in [3.8, 4) is 0 Å². The van der Waals surface area contributed by atoms with E-state index in [-0.39, 0.29) is 16.2 Å². The van der Waals surface area contributed by atoms with Crippen LogP contribution in [0.5, 0.6) is 0 Å². The summed E-state index contributed by atoms with van der Waals surface area (Å²) in [5.41, 5.74) is 3.04. The van der Waals surface area contributed by atoms with Crippen LogP contribution >= 0.6 is 0 Å². The van der Waals surface area contributed by atoms with Gasteiger partial charge in [0.2, 0.25) is 5.89 Å². The Morgan fingerprint density at radius 1 is 1.19 bits per heavy atom. The van der Waals surface area contributed by atoms with E-state index in [2.05, 4.69) is 50.6 Å². The van der Waals surface area contributed by atoms with Crippen molar-refractivity contribution < 1.29 is 19.7 Å². The predicted octanol–water partition coefficient (Wildman–Crippen LogP) is 6.10. The summed E-state index contributed by atoms with van der Waals surface area (Å²) in [5, 5.41) is 31.5. The van der Waals surface area contributed by atoms with E-state index in [1.807, 2.05) is 13.0 Å². The minimum atomic E-state index is -0.647. The summed E-state index contributed by atoms with van der Waals surface area (Å²) < 4.78 is 5.80. The average Bonchev–Trinajstić information content (AvgIpc) is 3.40. The molecule has 1 aromatic heterocycles. The van der Waals surface area contributed by atoms with Gasteiger partial charge < -0.3 is 19.7 Å². The maximum absolute atomic E-state index is 11.2. The SMILES string of the molecule is C=C1C(=CC=C2CCC[C@]3(C)[C@@H](C(C)(C)C=C[C@@H](O)C4(c5ncc(C)o5)CC4)CC[C@@H]23)C[C@@H](O)C[C@@H]1O. The molecule has 202 valence electrons. The fourth-order valence-corrected chi connectivity index (χ4v) is 7.92. The number of fused-ring (bicyclic) bond motifs is 1. The molecule has 0 saturated heterocycles. The Kier molecular flexibility index (Phi) is 6.96. The van der Waals surface area contributed by atoms with Crippen LogP contribution in [0.3, 0.4) is 0 Å². The summed E-state index contributed by atoms with van der Waals surface area (Å²) in [6, 6.07) is 0. The van der Waals surface area contributed by atoms with E-state index < -0.39 is 18.3 Å². The van der Waals surface area contributed by atoms with Crippen LogP contribution in [0, 0.1) is 29.6 Å². The zero-order valence-corrected chi connectivity index (χ0v) is 23.0. The van der Waals surface area contributed by atoms with E-state index in [0.29, 0.717) is 30.6 Å². The number of allylic oxidation sites excluding steroid dienone is 4. The summed E-state index contributed by atoms with van der Waals surface area (Å²) in [5.74, 6) is 2.53. The van der Waals surface area contributed by atoms with Gasteiger partial charge in [-0.1, -0.05) is 57.2 Å². The number of rotatable bonds is 6. The van der Waals surface area contributed by atoms with Gasteiger partial charge in [-0.05, 0) is 92.1 Å². The number of aryl methyl sites for hydroxylation is 1. The van der Waals surface area contributed by atoms with Gasteiger partial charge in [-0.15, -0.1) is 0 Å². The molecule has 3 N–H and O–H groups in total. The van der Waals surface area contributed by atoms with Crippen LogP contribution in [0.4, 0.5) is 0 Å². The van der Waals surface area contributed by atoms with E-state index in [4.69, 9.17) is 4.42 Å². The minimum Gasteiger partial charge on any atom is -0.445 e.